The van der Waals surface area contributed by atoms with Crippen molar-refractivity contribution >= 4 is 17.2 Å². The molecule has 2 N–H and O–H groups in total. The number of nitrogens with one attached hydrogen (secondary N) is 1. The smallest absolute Gasteiger partial charge is 0.261 e. The first-order valence-electron chi connectivity index (χ1n) is 7.51. The SMILES string of the molecule is COc1cccc(OC)c1-n1c(NS(=O)O)nnc1-c1cncc(C)c1. The van der Waals surface area contributed by atoms with Crippen molar-refractivity contribution in [3.05, 3.63) is 42.2 Å². The van der Waals surface area contributed by atoms with E-state index in [1.165, 1.54) is 14.2 Å². The molecule has 2 aromatic heterocycles. The zero-order chi connectivity index (χ0) is 18.7. The van der Waals surface area contributed by atoms with E-state index in [1.54, 1.807) is 35.2 Å². The maximum Gasteiger partial charge on any atom is 0.261 e. The predicted molar refractivity (Wildman–Crippen MR) is 96.8 cm³/mol. The van der Waals surface area contributed by atoms with E-state index >= 15 is 0 Å². The van der Waals surface area contributed by atoms with Gasteiger partial charge in [-0.1, -0.05) is 6.07 Å². The molecule has 1 aromatic carbocycles. The first-order chi connectivity index (χ1) is 12.5. The van der Waals surface area contributed by atoms with Gasteiger partial charge in [0.05, 0.1) is 14.2 Å². The number of rotatable bonds is 6. The Bertz CT molecular complexity index is 937. The van der Waals surface area contributed by atoms with E-state index in [0.717, 1.165) is 5.56 Å². The van der Waals surface area contributed by atoms with Crippen molar-refractivity contribution in [2.24, 2.45) is 0 Å². The number of hydrogen-bond donors (Lipinski definition) is 2. The van der Waals surface area contributed by atoms with E-state index < -0.39 is 11.3 Å². The zero-order valence-electron chi connectivity index (χ0n) is 14.3. The van der Waals surface area contributed by atoms with Gasteiger partial charge in [0.25, 0.3) is 11.3 Å². The fourth-order valence-electron chi connectivity index (χ4n) is 2.56. The van der Waals surface area contributed by atoms with E-state index in [2.05, 4.69) is 19.9 Å². The van der Waals surface area contributed by atoms with Crippen LogP contribution >= 0.6 is 0 Å². The predicted octanol–water partition coefficient (Wildman–Crippen LogP) is 2.20. The summed E-state index contributed by atoms with van der Waals surface area (Å²) in [5.74, 6) is 1.44. The average molecular weight is 375 g/mol. The summed E-state index contributed by atoms with van der Waals surface area (Å²) in [7, 11) is 3.04. The van der Waals surface area contributed by atoms with Gasteiger partial charge in [-0.3, -0.25) is 14.1 Å². The average Bonchev–Trinajstić information content (AvgIpc) is 3.03. The van der Waals surface area contributed by atoms with Crippen molar-refractivity contribution in [2.45, 2.75) is 6.92 Å². The summed E-state index contributed by atoms with van der Waals surface area (Å²) in [6.07, 6.45) is 3.35. The minimum atomic E-state index is -2.34. The molecule has 1 atom stereocenters. The molecule has 26 heavy (non-hydrogen) atoms. The Morgan fingerprint density at radius 2 is 1.85 bits per heavy atom. The Balaban J connectivity index is 2.32. The Hall–Kier alpha value is -2.98. The molecular weight excluding hydrogens is 358 g/mol. The summed E-state index contributed by atoms with van der Waals surface area (Å²) in [6.45, 7) is 1.91. The number of aryl methyl sites for hydroxylation is 1. The Kier molecular flexibility index (Phi) is 5.14. The highest BCUT2D eigenvalue weighted by atomic mass is 32.2. The topological polar surface area (TPSA) is 111 Å². The Labute approximate surface area is 152 Å². The van der Waals surface area contributed by atoms with Crippen molar-refractivity contribution in [1.29, 1.82) is 0 Å². The number of aromatic nitrogens is 4. The first kappa shape index (κ1) is 17.8. The minimum Gasteiger partial charge on any atom is -0.494 e. The third-order valence-corrected chi connectivity index (χ3v) is 3.96. The molecule has 136 valence electrons. The molecule has 0 bridgehead atoms. The van der Waals surface area contributed by atoms with Crippen molar-refractivity contribution in [3.8, 4) is 28.6 Å². The van der Waals surface area contributed by atoms with Gasteiger partial charge >= 0.3 is 0 Å². The second-order valence-electron chi connectivity index (χ2n) is 5.30. The molecular formula is C16H17N5O4S. The van der Waals surface area contributed by atoms with Crippen LogP contribution in [0.2, 0.25) is 0 Å². The number of hydrogen-bond acceptors (Lipinski definition) is 6. The second-order valence-corrected chi connectivity index (χ2v) is 6.00. The number of ether oxygens (including phenoxy) is 2. The molecule has 1 unspecified atom stereocenters. The number of pyridine rings is 1. The molecule has 2 heterocycles. The third kappa shape index (κ3) is 3.37. The summed E-state index contributed by atoms with van der Waals surface area (Å²) < 4.78 is 35.4. The van der Waals surface area contributed by atoms with E-state index in [-0.39, 0.29) is 5.95 Å². The van der Waals surface area contributed by atoms with Crippen LogP contribution in [0.1, 0.15) is 5.56 Å². The molecule has 0 aliphatic carbocycles. The van der Waals surface area contributed by atoms with Crippen LogP contribution in [-0.4, -0.2) is 42.7 Å². The van der Waals surface area contributed by atoms with E-state index in [1.807, 2.05) is 13.0 Å². The summed E-state index contributed by atoms with van der Waals surface area (Å²) in [4.78, 5) is 4.18. The van der Waals surface area contributed by atoms with Gasteiger partial charge in [0.15, 0.2) is 5.82 Å². The van der Waals surface area contributed by atoms with Gasteiger partial charge in [0, 0.05) is 18.0 Å². The second kappa shape index (κ2) is 7.50. The van der Waals surface area contributed by atoms with E-state index in [0.29, 0.717) is 28.6 Å². The quantitative estimate of drug-likeness (QED) is 0.635. The lowest BCUT2D eigenvalue weighted by Gasteiger charge is -2.17. The molecule has 0 saturated carbocycles. The first-order valence-corrected chi connectivity index (χ1v) is 8.62. The standard InChI is InChI=1S/C16H17N5O4S/c1-10-7-11(9-17-8-10)15-18-19-16(20-26(22)23)21(15)14-12(24-2)5-4-6-13(14)25-3/h4-9H,1-3H3,(H,19,20)(H,22,23). The number of benzene rings is 1. The molecule has 3 rings (SSSR count). The molecule has 0 aliphatic rings. The molecule has 0 radical (unpaired) electrons. The summed E-state index contributed by atoms with van der Waals surface area (Å²) in [5, 5.41) is 8.16. The third-order valence-electron chi connectivity index (χ3n) is 3.60. The van der Waals surface area contributed by atoms with Crippen molar-refractivity contribution in [3.63, 3.8) is 0 Å². The van der Waals surface area contributed by atoms with E-state index in [4.69, 9.17) is 9.47 Å². The molecule has 0 amide bonds. The monoisotopic (exact) mass is 375 g/mol. The lowest BCUT2D eigenvalue weighted by atomic mass is 10.2. The maximum absolute atomic E-state index is 11.3. The van der Waals surface area contributed by atoms with Gasteiger partial charge in [-0.25, -0.2) is 8.93 Å². The van der Waals surface area contributed by atoms with Crippen LogP contribution in [0.15, 0.2) is 36.7 Å². The highest BCUT2D eigenvalue weighted by Gasteiger charge is 2.23. The molecule has 9 nitrogen and oxygen atoms in total. The fraction of sp³-hybridized carbons (Fsp3) is 0.188. The molecule has 0 spiro atoms. The van der Waals surface area contributed by atoms with Gasteiger partial charge in [-0.05, 0) is 30.7 Å². The maximum atomic E-state index is 11.3. The van der Waals surface area contributed by atoms with Gasteiger partial charge in [0.1, 0.15) is 17.2 Å². The van der Waals surface area contributed by atoms with Crippen LogP contribution < -0.4 is 14.2 Å². The van der Waals surface area contributed by atoms with Crippen LogP contribution in [0.25, 0.3) is 17.1 Å². The number of nitrogens with zero attached hydrogens (tertiary/aromatic N) is 4. The highest BCUT2D eigenvalue weighted by molar-refractivity contribution is 7.80. The van der Waals surface area contributed by atoms with Crippen molar-refractivity contribution in [2.75, 3.05) is 18.9 Å². The van der Waals surface area contributed by atoms with Crippen molar-refractivity contribution < 1.29 is 18.2 Å². The Morgan fingerprint density at radius 3 is 2.42 bits per heavy atom. The molecule has 0 saturated heterocycles. The van der Waals surface area contributed by atoms with Crippen LogP contribution in [0.5, 0.6) is 11.5 Å². The summed E-state index contributed by atoms with van der Waals surface area (Å²) >= 11 is -2.34. The van der Waals surface area contributed by atoms with E-state index in [9.17, 15) is 8.76 Å². The van der Waals surface area contributed by atoms with Crippen molar-refractivity contribution in [1.82, 2.24) is 19.7 Å². The van der Waals surface area contributed by atoms with Gasteiger partial charge in [-0.2, -0.15) is 0 Å². The fourth-order valence-corrected chi connectivity index (χ4v) is 2.84. The number of methoxy groups -OCH3 is 2. The minimum absolute atomic E-state index is 0.0603. The molecule has 0 fully saturated rings. The van der Waals surface area contributed by atoms with Gasteiger partial charge in [-0.15, -0.1) is 10.2 Å². The summed E-state index contributed by atoms with van der Waals surface area (Å²) in [6, 6.07) is 7.15. The normalized spacial score (nSPS) is 11.8. The molecule has 3 aromatic rings. The largest absolute Gasteiger partial charge is 0.494 e. The number of anilines is 1. The Morgan fingerprint density at radius 1 is 1.15 bits per heavy atom. The van der Waals surface area contributed by atoms with Gasteiger partial charge < -0.3 is 9.47 Å². The molecule has 0 aliphatic heterocycles. The van der Waals surface area contributed by atoms with Crippen LogP contribution in [0.4, 0.5) is 5.95 Å². The summed E-state index contributed by atoms with van der Waals surface area (Å²) in [5.41, 5.74) is 2.11. The van der Waals surface area contributed by atoms with Crippen LogP contribution in [0, 0.1) is 6.92 Å². The molecule has 10 heteroatoms. The lowest BCUT2D eigenvalue weighted by molar-refractivity contribution is 0.391. The zero-order valence-corrected chi connectivity index (χ0v) is 15.1. The lowest BCUT2D eigenvalue weighted by Crippen LogP contribution is -2.11. The van der Waals surface area contributed by atoms with Crippen LogP contribution in [-0.2, 0) is 11.3 Å². The highest BCUT2D eigenvalue weighted by Crippen LogP contribution is 2.37. The van der Waals surface area contributed by atoms with Gasteiger partial charge in [0.2, 0.25) is 5.95 Å². The number of para-hydroxylation sites is 1. The van der Waals surface area contributed by atoms with Crippen LogP contribution in [0.3, 0.4) is 0 Å².